The van der Waals surface area contributed by atoms with Crippen molar-refractivity contribution in [3.8, 4) is 5.75 Å². The Kier molecular flexibility index (Phi) is 9.41. The van der Waals surface area contributed by atoms with Crippen LogP contribution in [0.4, 0.5) is 5.00 Å². The summed E-state index contributed by atoms with van der Waals surface area (Å²) in [6, 6.07) is 15.9. The second kappa shape index (κ2) is 13.4. The smallest absolute Gasteiger partial charge is 0.254 e. The van der Waals surface area contributed by atoms with Crippen molar-refractivity contribution < 1.29 is 14.3 Å². The molecule has 4 aromatic rings. The molecule has 0 saturated carbocycles. The van der Waals surface area contributed by atoms with E-state index >= 15 is 0 Å². The number of aryl methyl sites for hydroxylation is 3. The van der Waals surface area contributed by atoms with Crippen molar-refractivity contribution in [2.75, 3.05) is 11.1 Å². The zero-order valence-electron chi connectivity index (χ0n) is 23.7. The summed E-state index contributed by atoms with van der Waals surface area (Å²) < 4.78 is 8.06. The molecule has 0 aliphatic heterocycles. The first kappa shape index (κ1) is 28.9. The van der Waals surface area contributed by atoms with E-state index in [2.05, 4.69) is 20.8 Å². The maximum Gasteiger partial charge on any atom is 0.254 e. The van der Waals surface area contributed by atoms with E-state index in [0.717, 1.165) is 53.7 Å². The summed E-state index contributed by atoms with van der Waals surface area (Å²) in [6.07, 6.45) is 3.95. The predicted octanol–water partition coefficient (Wildman–Crippen LogP) is 6.09. The number of anilines is 1. The van der Waals surface area contributed by atoms with E-state index in [9.17, 15) is 9.59 Å². The second-order valence-electron chi connectivity index (χ2n) is 10.1. The van der Waals surface area contributed by atoms with Gasteiger partial charge in [0, 0.05) is 18.0 Å². The van der Waals surface area contributed by atoms with Crippen LogP contribution in [-0.4, -0.2) is 32.3 Å². The Balaban J connectivity index is 1.24. The number of para-hydroxylation sites is 1. The minimum atomic E-state index is -0.176. The molecule has 0 bridgehead atoms. The van der Waals surface area contributed by atoms with Crippen LogP contribution in [-0.2, 0) is 37.3 Å². The van der Waals surface area contributed by atoms with Gasteiger partial charge in [-0.1, -0.05) is 60.3 Å². The lowest BCUT2D eigenvalue weighted by Crippen LogP contribution is -2.25. The third-order valence-electron chi connectivity index (χ3n) is 7.14. The van der Waals surface area contributed by atoms with Crippen LogP contribution in [0.15, 0.2) is 53.7 Å². The topological polar surface area (TPSA) is 98.1 Å². The highest BCUT2D eigenvalue weighted by Crippen LogP contribution is 2.38. The molecule has 2 heterocycles. The SMILES string of the molecule is CCn1c(COc2c(C)cccc2C)nnc1SCC(=O)Nc1sc2c(c1C(=O)NCc1ccccc1)CCCC2. The van der Waals surface area contributed by atoms with Crippen molar-refractivity contribution in [3.05, 3.63) is 87.0 Å². The summed E-state index contributed by atoms with van der Waals surface area (Å²) in [5.74, 6) is 1.40. The van der Waals surface area contributed by atoms with E-state index < -0.39 is 0 Å². The van der Waals surface area contributed by atoms with Crippen LogP contribution in [0.1, 0.15) is 63.1 Å². The molecule has 41 heavy (non-hydrogen) atoms. The van der Waals surface area contributed by atoms with Crippen molar-refractivity contribution >= 4 is 39.9 Å². The Bertz CT molecular complexity index is 1510. The van der Waals surface area contributed by atoms with Crippen LogP contribution in [0.3, 0.4) is 0 Å². The molecule has 0 unspecified atom stereocenters. The van der Waals surface area contributed by atoms with Gasteiger partial charge in [0.2, 0.25) is 5.91 Å². The third kappa shape index (κ3) is 6.82. The minimum absolute atomic E-state index is 0.143. The summed E-state index contributed by atoms with van der Waals surface area (Å²) >= 11 is 2.86. The molecular weight excluding hydrogens is 555 g/mol. The highest BCUT2D eigenvalue weighted by atomic mass is 32.2. The largest absolute Gasteiger partial charge is 0.485 e. The molecule has 5 rings (SSSR count). The van der Waals surface area contributed by atoms with Crippen LogP contribution in [0.5, 0.6) is 5.75 Å². The Morgan fingerprint density at radius 1 is 1.02 bits per heavy atom. The highest BCUT2D eigenvalue weighted by molar-refractivity contribution is 7.99. The number of nitrogens with one attached hydrogen (secondary N) is 2. The lowest BCUT2D eigenvalue weighted by Gasteiger charge is -2.13. The van der Waals surface area contributed by atoms with E-state index in [-0.39, 0.29) is 17.6 Å². The number of carbonyl (C=O) groups is 2. The summed E-state index contributed by atoms with van der Waals surface area (Å²) in [6.45, 7) is 7.46. The highest BCUT2D eigenvalue weighted by Gasteiger charge is 2.26. The van der Waals surface area contributed by atoms with E-state index in [1.165, 1.54) is 28.0 Å². The Morgan fingerprint density at radius 3 is 2.54 bits per heavy atom. The molecular formula is C31H35N5O3S2. The predicted molar refractivity (Wildman–Crippen MR) is 164 cm³/mol. The fourth-order valence-electron chi connectivity index (χ4n) is 5.07. The zero-order chi connectivity index (χ0) is 28.8. The molecule has 1 aliphatic rings. The number of ether oxygens (including phenoxy) is 1. The number of aromatic nitrogens is 3. The summed E-state index contributed by atoms with van der Waals surface area (Å²) in [4.78, 5) is 27.6. The average molecular weight is 590 g/mol. The first-order chi connectivity index (χ1) is 19.9. The van der Waals surface area contributed by atoms with Gasteiger partial charge < -0.3 is 19.9 Å². The first-order valence-electron chi connectivity index (χ1n) is 13.9. The van der Waals surface area contributed by atoms with Gasteiger partial charge in [0.25, 0.3) is 5.91 Å². The fraction of sp³-hybridized carbons (Fsp3) is 0.355. The number of rotatable bonds is 11. The second-order valence-corrected chi connectivity index (χ2v) is 12.1. The molecule has 2 N–H and O–H groups in total. The minimum Gasteiger partial charge on any atom is -0.485 e. The zero-order valence-corrected chi connectivity index (χ0v) is 25.3. The number of nitrogens with zero attached hydrogens (tertiary/aromatic N) is 3. The molecule has 2 aromatic carbocycles. The molecule has 2 aromatic heterocycles. The van der Waals surface area contributed by atoms with Crippen LogP contribution in [0.25, 0.3) is 0 Å². The maximum absolute atomic E-state index is 13.3. The average Bonchev–Trinajstić information content (AvgIpc) is 3.55. The van der Waals surface area contributed by atoms with Crippen molar-refractivity contribution in [1.82, 2.24) is 20.1 Å². The maximum atomic E-state index is 13.3. The van der Waals surface area contributed by atoms with Crippen molar-refractivity contribution in [2.24, 2.45) is 0 Å². The van der Waals surface area contributed by atoms with Gasteiger partial charge in [-0.15, -0.1) is 21.5 Å². The molecule has 10 heteroatoms. The van der Waals surface area contributed by atoms with E-state index in [1.54, 1.807) is 0 Å². The molecule has 0 saturated heterocycles. The number of hydrogen-bond acceptors (Lipinski definition) is 7. The summed E-state index contributed by atoms with van der Waals surface area (Å²) in [5, 5.41) is 16.0. The Hall–Kier alpha value is -3.63. The Labute approximate surface area is 248 Å². The summed E-state index contributed by atoms with van der Waals surface area (Å²) in [5.41, 5.74) is 4.87. The third-order valence-corrected chi connectivity index (χ3v) is 9.32. The van der Waals surface area contributed by atoms with E-state index in [0.29, 0.717) is 41.2 Å². The molecule has 2 amide bonds. The normalized spacial score (nSPS) is 12.6. The monoisotopic (exact) mass is 589 g/mol. The van der Waals surface area contributed by atoms with Crippen LogP contribution >= 0.6 is 23.1 Å². The van der Waals surface area contributed by atoms with Gasteiger partial charge in [0.1, 0.15) is 17.4 Å². The molecule has 1 aliphatic carbocycles. The lowest BCUT2D eigenvalue weighted by atomic mass is 9.95. The molecule has 0 spiro atoms. The Morgan fingerprint density at radius 2 is 1.78 bits per heavy atom. The van der Waals surface area contributed by atoms with Gasteiger partial charge >= 0.3 is 0 Å². The number of thiophene rings is 1. The summed E-state index contributed by atoms with van der Waals surface area (Å²) in [7, 11) is 0. The molecule has 214 valence electrons. The van der Waals surface area contributed by atoms with Crippen LogP contribution < -0.4 is 15.4 Å². The number of benzene rings is 2. The van der Waals surface area contributed by atoms with Gasteiger partial charge in [-0.25, -0.2) is 0 Å². The van der Waals surface area contributed by atoms with E-state index in [1.807, 2.05) is 73.9 Å². The van der Waals surface area contributed by atoms with Gasteiger partial charge in [0.15, 0.2) is 11.0 Å². The first-order valence-corrected chi connectivity index (χ1v) is 15.7. The van der Waals surface area contributed by atoms with Gasteiger partial charge in [0.05, 0.1) is 11.3 Å². The number of carbonyl (C=O) groups excluding carboxylic acids is 2. The molecule has 0 atom stereocenters. The standard InChI is InChI=1S/C31H35N5O3S2/c1-4-36-25(18-39-28-20(2)11-10-12-21(28)3)34-35-31(36)40-19-26(37)33-30-27(23-15-8-9-16-24(23)41-30)29(38)32-17-22-13-6-5-7-14-22/h5-7,10-14H,4,8-9,15-19H2,1-3H3,(H,32,38)(H,33,37). The number of amides is 2. The van der Waals surface area contributed by atoms with Crippen molar-refractivity contribution in [2.45, 2.75) is 71.3 Å². The number of fused-ring (bicyclic) bond motifs is 1. The molecule has 0 radical (unpaired) electrons. The van der Waals surface area contributed by atoms with Gasteiger partial charge in [-0.3, -0.25) is 9.59 Å². The number of thioether (sulfide) groups is 1. The van der Waals surface area contributed by atoms with Gasteiger partial charge in [-0.05, 0) is 68.7 Å². The molecule has 0 fully saturated rings. The lowest BCUT2D eigenvalue weighted by molar-refractivity contribution is -0.113. The van der Waals surface area contributed by atoms with E-state index in [4.69, 9.17) is 4.74 Å². The van der Waals surface area contributed by atoms with Crippen molar-refractivity contribution in [3.63, 3.8) is 0 Å². The quantitative estimate of drug-likeness (QED) is 0.205. The van der Waals surface area contributed by atoms with Crippen LogP contribution in [0, 0.1) is 13.8 Å². The van der Waals surface area contributed by atoms with Crippen LogP contribution in [0.2, 0.25) is 0 Å². The number of hydrogen-bond donors (Lipinski definition) is 2. The fourth-order valence-corrected chi connectivity index (χ4v) is 7.19. The van der Waals surface area contributed by atoms with Gasteiger partial charge in [-0.2, -0.15) is 0 Å². The molecule has 8 nitrogen and oxygen atoms in total. The van der Waals surface area contributed by atoms with Crippen molar-refractivity contribution in [1.29, 1.82) is 0 Å².